The maximum Gasteiger partial charge on any atom is 0.206 e. The van der Waals surface area contributed by atoms with Gasteiger partial charge in [-0.05, 0) is 30.0 Å². The lowest BCUT2D eigenvalue weighted by atomic mass is 10.6. The SMILES string of the molecule is CN(C)CCOCCNc1nnc(Br)s1. The molecule has 0 atom stereocenters. The van der Waals surface area contributed by atoms with Crippen molar-refractivity contribution in [2.45, 2.75) is 0 Å². The summed E-state index contributed by atoms with van der Waals surface area (Å²) < 4.78 is 6.20. The number of hydrogen-bond donors (Lipinski definition) is 1. The second-order valence-electron chi connectivity index (χ2n) is 3.20. The van der Waals surface area contributed by atoms with Crippen LogP contribution in [0, 0.1) is 0 Å². The predicted molar refractivity (Wildman–Crippen MR) is 65.5 cm³/mol. The van der Waals surface area contributed by atoms with Crippen molar-refractivity contribution in [3.8, 4) is 0 Å². The third-order valence-electron chi connectivity index (χ3n) is 1.61. The van der Waals surface area contributed by atoms with Crippen molar-refractivity contribution in [1.29, 1.82) is 0 Å². The van der Waals surface area contributed by atoms with E-state index in [-0.39, 0.29) is 0 Å². The highest BCUT2D eigenvalue weighted by Gasteiger charge is 1.99. The van der Waals surface area contributed by atoms with E-state index in [0.29, 0.717) is 6.61 Å². The Morgan fingerprint density at radius 2 is 2.20 bits per heavy atom. The lowest BCUT2D eigenvalue weighted by Gasteiger charge is -2.09. The molecule has 0 unspecified atom stereocenters. The maximum absolute atomic E-state index is 5.41. The molecule has 1 aromatic rings. The average Bonchev–Trinajstić information content (AvgIpc) is 2.57. The van der Waals surface area contributed by atoms with Gasteiger partial charge in [0.25, 0.3) is 0 Å². The molecular formula is C8H15BrN4OS. The minimum atomic E-state index is 0.686. The third-order valence-corrected chi connectivity index (χ3v) is 2.92. The molecule has 1 N–H and O–H groups in total. The van der Waals surface area contributed by atoms with Gasteiger partial charge in [0.15, 0.2) is 3.92 Å². The van der Waals surface area contributed by atoms with Crippen LogP contribution in [0.3, 0.4) is 0 Å². The first-order valence-corrected chi connectivity index (χ1v) is 6.25. The molecule has 0 aliphatic heterocycles. The molecule has 15 heavy (non-hydrogen) atoms. The van der Waals surface area contributed by atoms with Crippen LogP contribution in [0.1, 0.15) is 0 Å². The van der Waals surface area contributed by atoms with E-state index < -0.39 is 0 Å². The zero-order valence-corrected chi connectivity index (χ0v) is 11.3. The van der Waals surface area contributed by atoms with Crippen molar-refractivity contribution in [2.24, 2.45) is 0 Å². The van der Waals surface area contributed by atoms with Crippen LogP contribution in [0.2, 0.25) is 0 Å². The van der Waals surface area contributed by atoms with Crippen molar-refractivity contribution in [1.82, 2.24) is 15.1 Å². The molecular weight excluding hydrogens is 280 g/mol. The molecule has 0 bridgehead atoms. The van der Waals surface area contributed by atoms with Gasteiger partial charge in [-0.25, -0.2) is 0 Å². The molecule has 1 aromatic heterocycles. The number of rotatable bonds is 7. The van der Waals surface area contributed by atoms with Gasteiger partial charge in [0.1, 0.15) is 0 Å². The topological polar surface area (TPSA) is 50.3 Å². The van der Waals surface area contributed by atoms with Gasteiger partial charge < -0.3 is 15.0 Å². The zero-order valence-electron chi connectivity index (χ0n) is 8.86. The quantitative estimate of drug-likeness (QED) is 0.768. The van der Waals surface area contributed by atoms with Crippen LogP contribution >= 0.6 is 27.3 Å². The standard InChI is InChI=1S/C8H15BrN4OS/c1-13(2)4-6-14-5-3-10-8-12-11-7(9)15-8/h3-6H2,1-2H3,(H,10,12). The van der Waals surface area contributed by atoms with E-state index in [1.807, 2.05) is 14.1 Å². The molecule has 0 fully saturated rings. The van der Waals surface area contributed by atoms with Crippen molar-refractivity contribution >= 4 is 32.4 Å². The van der Waals surface area contributed by atoms with Crippen LogP contribution in [0.4, 0.5) is 5.13 Å². The lowest BCUT2D eigenvalue weighted by molar-refractivity contribution is 0.126. The van der Waals surface area contributed by atoms with Gasteiger partial charge in [-0.15, -0.1) is 10.2 Å². The fourth-order valence-electron chi connectivity index (χ4n) is 0.856. The van der Waals surface area contributed by atoms with Gasteiger partial charge in [-0.1, -0.05) is 11.3 Å². The van der Waals surface area contributed by atoms with Crippen LogP contribution in [0.25, 0.3) is 0 Å². The van der Waals surface area contributed by atoms with E-state index in [2.05, 4.69) is 36.3 Å². The van der Waals surface area contributed by atoms with Crippen LogP contribution in [-0.2, 0) is 4.74 Å². The Kier molecular flexibility index (Phi) is 6.07. The summed E-state index contributed by atoms with van der Waals surface area (Å²) in [6, 6.07) is 0. The largest absolute Gasteiger partial charge is 0.378 e. The molecule has 1 heterocycles. The molecule has 0 aliphatic carbocycles. The minimum Gasteiger partial charge on any atom is -0.378 e. The molecule has 0 spiro atoms. The fraction of sp³-hybridized carbons (Fsp3) is 0.750. The molecule has 7 heteroatoms. The van der Waals surface area contributed by atoms with E-state index in [1.54, 1.807) is 0 Å². The van der Waals surface area contributed by atoms with Crippen molar-refractivity contribution in [3.63, 3.8) is 0 Å². The summed E-state index contributed by atoms with van der Waals surface area (Å²) in [6.07, 6.45) is 0. The van der Waals surface area contributed by atoms with Crippen molar-refractivity contribution in [3.05, 3.63) is 3.92 Å². The number of halogens is 1. The lowest BCUT2D eigenvalue weighted by Crippen LogP contribution is -2.19. The van der Waals surface area contributed by atoms with E-state index in [1.165, 1.54) is 11.3 Å². The number of likely N-dealkylation sites (N-methyl/N-ethyl adjacent to an activating group) is 1. The van der Waals surface area contributed by atoms with Gasteiger partial charge in [0.2, 0.25) is 5.13 Å². The summed E-state index contributed by atoms with van der Waals surface area (Å²) in [5, 5.41) is 11.7. The molecule has 5 nitrogen and oxygen atoms in total. The normalized spacial score (nSPS) is 10.9. The zero-order chi connectivity index (χ0) is 11.1. The molecule has 0 saturated heterocycles. The van der Waals surface area contributed by atoms with E-state index in [9.17, 15) is 0 Å². The Morgan fingerprint density at radius 3 is 2.80 bits per heavy atom. The van der Waals surface area contributed by atoms with E-state index in [4.69, 9.17) is 4.74 Å². The van der Waals surface area contributed by atoms with Gasteiger partial charge in [-0.2, -0.15) is 0 Å². The highest BCUT2D eigenvalue weighted by molar-refractivity contribution is 9.11. The number of nitrogens with zero attached hydrogens (tertiary/aromatic N) is 3. The fourth-order valence-corrected chi connectivity index (χ4v) is 1.89. The number of nitrogens with one attached hydrogen (secondary N) is 1. The van der Waals surface area contributed by atoms with Gasteiger partial charge >= 0.3 is 0 Å². The molecule has 1 rings (SSSR count). The highest BCUT2D eigenvalue weighted by Crippen LogP contribution is 2.19. The summed E-state index contributed by atoms with van der Waals surface area (Å²) in [5.41, 5.74) is 0. The van der Waals surface area contributed by atoms with Gasteiger partial charge in [0, 0.05) is 13.1 Å². The smallest absolute Gasteiger partial charge is 0.206 e. The Labute approximate surface area is 102 Å². The molecule has 0 amide bonds. The molecule has 0 saturated carbocycles. The first kappa shape index (κ1) is 12.8. The van der Waals surface area contributed by atoms with Crippen molar-refractivity contribution in [2.75, 3.05) is 45.7 Å². The molecule has 0 radical (unpaired) electrons. The average molecular weight is 295 g/mol. The minimum absolute atomic E-state index is 0.686. The Hall–Kier alpha value is -0.240. The number of ether oxygens (including phenoxy) is 1. The second kappa shape index (κ2) is 7.10. The van der Waals surface area contributed by atoms with Crippen LogP contribution in [0.15, 0.2) is 3.92 Å². The summed E-state index contributed by atoms with van der Waals surface area (Å²) in [4.78, 5) is 2.09. The summed E-state index contributed by atoms with van der Waals surface area (Å²) in [7, 11) is 4.06. The van der Waals surface area contributed by atoms with Gasteiger partial charge in [0.05, 0.1) is 13.2 Å². The third kappa shape index (κ3) is 6.03. The van der Waals surface area contributed by atoms with Crippen LogP contribution in [-0.4, -0.2) is 55.5 Å². The number of hydrogen-bond acceptors (Lipinski definition) is 6. The van der Waals surface area contributed by atoms with Gasteiger partial charge in [-0.3, -0.25) is 0 Å². The van der Waals surface area contributed by atoms with E-state index >= 15 is 0 Å². The first-order chi connectivity index (χ1) is 7.18. The molecule has 0 aliphatic rings. The second-order valence-corrected chi connectivity index (χ2v) is 5.46. The monoisotopic (exact) mass is 294 g/mol. The number of anilines is 1. The number of aromatic nitrogens is 2. The summed E-state index contributed by atoms with van der Waals surface area (Å²) in [5.74, 6) is 0. The summed E-state index contributed by atoms with van der Waals surface area (Å²) in [6.45, 7) is 3.15. The Bertz CT molecular complexity index is 281. The highest BCUT2D eigenvalue weighted by atomic mass is 79.9. The van der Waals surface area contributed by atoms with Crippen molar-refractivity contribution < 1.29 is 4.74 Å². The molecule has 0 aromatic carbocycles. The predicted octanol–water partition coefficient (Wildman–Crippen LogP) is 1.29. The summed E-state index contributed by atoms with van der Waals surface area (Å²) >= 11 is 4.73. The van der Waals surface area contributed by atoms with Crippen LogP contribution in [0.5, 0.6) is 0 Å². The maximum atomic E-state index is 5.41. The first-order valence-electron chi connectivity index (χ1n) is 4.64. The Morgan fingerprint density at radius 1 is 1.40 bits per heavy atom. The Balaban J connectivity index is 1.98. The molecule has 86 valence electrons. The van der Waals surface area contributed by atoms with Crippen LogP contribution < -0.4 is 5.32 Å². The van der Waals surface area contributed by atoms with E-state index in [0.717, 1.165) is 28.7 Å².